The van der Waals surface area contributed by atoms with Crippen molar-refractivity contribution in [1.82, 2.24) is 4.90 Å². The smallest absolute Gasteiger partial charge is 0.167 e. The summed E-state index contributed by atoms with van der Waals surface area (Å²) in [5, 5.41) is 11.1. The zero-order valence-corrected chi connectivity index (χ0v) is 14.7. The number of carbonyl (C=O) groups is 1. The zero-order chi connectivity index (χ0) is 17.4. The zero-order valence-electron chi connectivity index (χ0n) is 14.7. The molecule has 3 heteroatoms. The summed E-state index contributed by atoms with van der Waals surface area (Å²) in [5.74, 6) is 0.827. The number of ketones is 1. The van der Waals surface area contributed by atoms with Crippen molar-refractivity contribution in [3.8, 4) is 6.07 Å². The number of hydrogen-bond acceptors (Lipinski definition) is 3. The highest BCUT2D eigenvalue weighted by Gasteiger charge is 2.36. The van der Waals surface area contributed by atoms with Gasteiger partial charge in [-0.25, -0.2) is 0 Å². The fraction of sp³-hybridized carbons (Fsp3) is 0.455. The minimum Gasteiger partial charge on any atom is -0.300 e. The Hall–Kier alpha value is -2.18. The van der Waals surface area contributed by atoms with Crippen LogP contribution < -0.4 is 0 Å². The maximum absolute atomic E-state index is 13.2. The number of piperidine rings is 1. The molecule has 0 bridgehead atoms. The summed E-state index contributed by atoms with van der Waals surface area (Å²) in [5.41, 5.74) is 1.47. The van der Waals surface area contributed by atoms with Crippen LogP contribution in [0.1, 0.15) is 48.5 Å². The summed E-state index contributed by atoms with van der Waals surface area (Å²) in [6.07, 6.45) is 5.05. The lowest BCUT2D eigenvalue weighted by atomic mass is 9.79. The van der Waals surface area contributed by atoms with Gasteiger partial charge in [-0.2, -0.15) is 5.26 Å². The van der Waals surface area contributed by atoms with E-state index in [0.29, 0.717) is 17.5 Å². The standard InChI is InChI=1S/C22H24N2O/c1-15-9-10-24(20-3-2-4-20)14-21(15)22(25)19-8-7-17-11-16(13-23)5-6-18(17)12-19/h5-8,11-12,15,20-21H,2-4,9-10,14H2,1H3/t15-,21-/m0/s1. The van der Waals surface area contributed by atoms with Gasteiger partial charge in [0.25, 0.3) is 0 Å². The van der Waals surface area contributed by atoms with Gasteiger partial charge >= 0.3 is 0 Å². The Labute approximate surface area is 149 Å². The fourth-order valence-electron chi connectivity index (χ4n) is 4.20. The van der Waals surface area contributed by atoms with E-state index < -0.39 is 0 Å². The van der Waals surface area contributed by atoms with Gasteiger partial charge in [-0.1, -0.05) is 31.5 Å². The molecule has 1 heterocycles. The van der Waals surface area contributed by atoms with Crippen LogP contribution in [-0.4, -0.2) is 29.8 Å². The molecule has 2 aromatic carbocycles. The molecule has 1 saturated heterocycles. The first-order valence-electron chi connectivity index (χ1n) is 9.38. The largest absolute Gasteiger partial charge is 0.300 e. The Bertz CT molecular complexity index is 847. The third-order valence-corrected chi connectivity index (χ3v) is 6.17. The molecule has 1 saturated carbocycles. The van der Waals surface area contributed by atoms with Gasteiger partial charge in [0.1, 0.15) is 0 Å². The van der Waals surface area contributed by atoms with E-state index in [0.717, 1.165) is 35.8 Å². The lowest BCUT2D eigenvalue weighted by Gasteiger charge is -2.44. The van der Waals surface area contributed by atoms with Gasteiger partial charge < -0.3 is 0 Å². The van der Waals surface area contributed by atoms with Crippen LogP contribution in [0.5, 0.6) is 0 Å². The quantitative estimate of drug-likeness (QED) is 0.782. The highest BCUT2D eigenvalue weighted by atomic mass is 16.1. The van der Waals surface area contributed by atoms with Crippen molar-refractivity contribution < 1.29 is 4.79 Å². The molecular weight excluding hydrogens is 308 g/mol. The maximum atomic E-state index is 13.2. The monoisotopic (exact) mass is 332 g/mol. The molecule has 1 aliphatic carbocycles. The number of hydrogen-bond donors (Lipinski definition) is 0. The number of nitrogens with zero attached hydrogens (tertiary/aromatic N) is 2. The van der Waals surface area contributed by atoms with E-state index in [2.05, 4.69) is 17.9 Å². The first-order valence-corrected chi connectivity index (χ1v) is 9.38. The van der Waals surface area contributed by atoms with Gasteiger partial charge in [0, 0.05) is 24.1 Å². The normalized spacial score (nSPS) is 24.6. The minimum absolute atomic E-state index is 0.102. The molecular formula is C22H24N2O. The molecule has 0 unspecified atom stereocenters. The van der Waals surface area contributed by atoms with Gasteiger partial charge in [0.2, 0.25) is 0 Å². The van der Waals surface area contributed by atoms with Gasteiger partial charge in [-0.3, -0.25) is 9.69 Å². The Morgan fingerprint density at radius 1 is 1.12 bits per heavy atom. The Balaban J connectivity index is 1.58. The van der Waals surface area contributed by atoms with Crippen LogP contribution >= 0.6 is 0 Å². The summed E-state index contributed by atoms with van der Waals surface area (Å²) < 4.78 is 0. The predicted octanol–water partition coefficient (Wildman–Crippen LogP) is 4.40. The van der Waals surface area contributed by atoms with Crippen molar-refractivity contribution in [2.75, 3.05) is 13.1 Å². The topological polar surface area (TPSA) is 44.1 Å². The molecule has 0 aromatic heterocycles. The van der Waals surface area contributed by atoms with Crippen molar-refractivity contribution in [1.29, 1.82) is 5.26 Å². The third kappa shape index (κ3) is 3.07. The Kier molecular flexibility index (Phi) is 4.31. The van der Waals surface area contributed by atoms with Gasteiger partial charge in [-0.15, -0.1) is 0 Å². The second-order valence-corrected chi connectivity index (χ2v) is 7.70. The molecule has 0 N–H and O–H groups in total. The van der Waals surface area contributed by atoms with E-state index in [-0.39, 0.29) is 11.7 Å². The molecule has 3 nitrogen and oxygen atoms in total. The van der Waals surface area contributed by atoms with Crippen LogP contribution in [0.4, 0.5) is 0 Å². The third-order valence-electron chi connectivity index (χ3n) is 6.17. The average molecular weight is 332 g/mol. The number of carbonyl (C=O) groups excluding carboxylic acids is 1. The molecule has 2 aliphatic rings. The van der Waals surface area contributed by atoms with E-state index in [1.807, 2.05) is 36.4 Å². The SMILES string of the molecule is C[C@H]1CCN(C2CCC2)C[C@@H]1C(=O)c1ccc2cc(C#N)ccc2c1. The highest BCUT2D eigenvalue weighted by Crippen LogP contribution is 2.33. The number of nitriles is 1. The van der Waals surface area contributed by atoms with Crippen molar-refractivity contribution in [3.05, 3.63) is 47.5 Å². The van der Waals surface area contributed by atoms with E-state index >= 15 is 0 Å². The van der Waals surface area contributed by atoms with Crippen LogP contribution in [-0.2, 0) is 0 Å². The average Bonchev–Trinajstić information content (AvgIpc) is 2.60. The molecule has 0 amide bonds. The van der Waals surface area contributed by atoms with E-state index in [4.69, 9.17) is 5.26 Å². The molecule has 2 fully saturated rings. The van der Waals surface area contributed by atoms with Crippen LogP contribution in [0.25, 0.3) is 10.8 Å². The van der Waals surface area contributed by atoms with Gasteiger partial charge in [0.05, 0.1) is 11.6 Å². The second-order valence-electron chi connectivity index (χ2n) is 7.70. The van der Waals surface area contributed by atoms with Crippen LogP contribution in [0.2, 0.25) is 0 Å². The van der Waals surface area contributed by atoms with Crippen LogP contribution in [0, 0.1) is 23.2 Å². The van der Waals surface area contributed by atoms with E-state index in [9.17, 15) is 4.79 Å². The van der Waals surface area contributed by atoms with Crippen molar-refractivity contribution in [2.45, 2.75) is 38.6 Å². The molecule has 4 rings (SSSR count). The van der Waals surface area contributed by atoms with Crippen molar-refractivity contribution >= 4 is 16.6 Å². The summed E-state index contributed by atoms with van der Waals surface area (Å²) in [6.45, 7) is 4.28. The minimum atomic E-state index is 0.102. The Morgan fingerprint density at radius 3 is 2.60 bits per heavy atom. The molecule has 2 atom stereocenters. The summed E-state index contributed by atoms with van der Waals surface area (Å²) >= 11 is 0. The Morgan fingerprint density at radius 2 is 1.88 bits per heavy atom. The molecule has 2 aromatic rings. The second kappa shape index (κ2) is 6.61. The summed E-state index contributed by atoms with van der Waals surface area (Å²) in [4.78, 5) is 15.7. The van der Waals surface area contributed by atoms with Gasteiger partial charge in [-0.05, 0) is 60.7 Å². The fourth-order valence-corrected chi connectivity index (χ4v) is 4.20. The molecule has 1 aliphatic heterocycles. The molecule has 0 spiro atoms. The van der Waals surface area contributed by atoms with Crippen LogP contribution in [0.3, 0.4) is 0 Å². The molecule has 0 radical (unpaired) electrons. The van der Waals surface area contributed by atoms with Crippen molar-refractivity contribution in [2.24, 2.45) is 11.8 Å². The predicted molar refractivity (Wildman–Crippen MR) is 99.5 cm³/mol. The van der Waals surface area contributed by atoms with Gasteiger partial charge in [0.15, 0.2) is 5.78 Å². The maximum Gasteiger partial charge on any atom is 0.167 e. The number of rotatable bonds is 3. The first-order chi connectivity index (χ1) is 12.2. The van der Waals surface area contributed by atoms with E-state index in [1.54, 1.807) is 0 Å². The van der Waals surface area contributed by atoms with Crippen molar-refractivity contribution in [3.63, 3.8) is 0 Å². The lowest BCUT2D eigenvalue weighted by Crippen LogP contribution is -2.49. The summed E-state index contributed by atoms with van der Waals surface area (Å²) in [7, 11) is 0. The lowest BCUT2D eigenvalue weighted by molar-refractivity contribution is 0.0445. The number of Topliss-reactive ketones (excluding diaryl/α,β-unsaturated/α-hetero) is 1. The molecule has 25 heavy (non-hydrogen) atoms. The number of fused-ring (bicyclic) bond motifs is 1. The summed E-state index contributed by atoms with van der Waals surface area (Å²) in [6, 6.07) is 14.4. The number of benzene rings is 2. The highest BCUT2D eigenvalue weighted by molar-refractivity contribution is 6.01. The van der Waals surface area contributed by atoms with E-state index in [1.165, 1.54) is 19.3 Å². The molecule has 128 valence electrons. The first kappa shape index (κ1) is 16.3. The number of likely N-dealkylation sites (tertiary alicyclic amines) is 1. The van der Waals surface area contributed by atoms with Crippen LogP contribution in [0.15, 0.2) is 36.4 Å².